The maximum atomic E-state index is 12.4. The molecule has 1 aliphatic rings. The number of carbonyl (C=O) groups is 1. The van der Waals surface area contributed by atoms with Crippen molar-refractivity contribution in [2.24, 2.45) is 0 Å². The topological polar surface area (TPSA) is 41.1 Å². The average Bonchev–Trinajstić information content (AvgIpc) is 2.50. The summed E-state index contributed by atoms with van der Waals surface area (Å²) in [6.07, 6.45) is 0.731. The fourth-order valence-electron chi connectivity index (χ4n) is 2.54. The van der Waals surface area contributed by atoms with Crippen molar-refractivity contribution in [3.05, 3.63) is 63.6 Å². The molecule has 0 aliphatic carbocycles. The van der Waals surface area contributed by atoms with E-state index < -0.39 is 0 Å². The van der Waals surface area contributed by atoms with E-state index in [0.717, 1.165) is 28.7 Å². The zero-order chi connectivity index (χ0) is 14.8. The van der Waals surface area contributed by atoms with Gasteiger partial charge in [-0.15, -0.1) is 0 Å². The van der Waals surface area contributed by atoms with Crippen LogP contribution < -0.4 is 10.6 Å². The Balaban J connectivity index is 1.70. The molecule has 2 N–H and O–H groups in total. The number of carbonyl (C=O) groups excluding carboxylic acids is 1. The number of amides is 1. The van der Waals surface area contributed by atoms with Gasteiger partial charge in [0.05, 0.1) is 6.04 Å². The van der Waals surface area contributed by atoms with Crippen LogP contribution in [0, 0.1) is 6.92 Å². The van der Waals surface area contributed by atoms with Crippen molar-refractivity contribution in [2.75, 3.05) is 5.32 Å². The molecule has 1 atom stereocenters. The number of nitrogens with one attached hydrogen (secondary N) is 2. The fraction of sp³-hybridized carbons (Fsp3) is 0.235. The summed E-state index contributed by atoms with van der Waals surface area (Å²) in [5.41, 5.74) is 4.50. The van der Waals surface area contributed by atoms with Crippen molar-refractivity contribution in [1.29, 1.82) is 0 Å². The van der Waals surface area contributed by atoms with Gasteiger partial charge in [0.15, 0.2) is 0 Å². The number of anilines is 1. The van der Waals surface area contributed by atoms with E-state index in [0.29, 0.717) is 0 Å². The Morgan fingerprint density at radius 2 is 2.00 bits per heavy atom. The van der Waals surface area contributed by atoms with E-state index in [2.05, 4.69) is 38.7 Å². The van der Waals surface area contributed by atoms with E-state index >= 15 is 0 Å². The lowest BCUT2D eigenvalue weighted by Gasteiger charge is -2.25. The molecule has 1 aliphatic heterocycles. The van der Waals surface area contributed by atoms with Crippen molar-refractivity contribution in [1.82, 2.24) is 5.32 Å². The number of fused-ring (bicyclic) bond motifs is 1. The minimum Gasteiger partial charge on any atom is -0.325 e. The van der Waals surface area contributed by atoms with E-state index in [9.17, 15) is 4.79 Å². The molecule has 4 heteroatoms. The smallest absolute Gasteiger partial charge is 0.241 e. The lowest BCUT2D eigenvalue weighted by molar-refractivity contribution is -0.118. The summed E-state index contributed by atoms with van der Waals surface area (Å²) in [5, 5.41) is 6.28. The molecule has 0 saturated carbocycles. The van der Waals surface area contributed by atoms with Gasteiger partial charge in [-0.3, -0.25) is 4.79 Å². The molecular formula is C17H17BrN2O. The van der Waals surface area contributed by atoms with Crippen LogP contribution in [0.1, 0.15) is 16.7 Å². The second kappa shape index (κ2) is 6.00. The zero-order valence-corrected chi connectivity index (χ0v) is 13.4. The van der Waals surface area contributed by atoms with Gasteiger partial charge in [0.2, 0.25) is 5.91 Å². The van der Waals surface area contributed by atoms with Crippen molar-refractivity contribution in [3.8, 4) is 0 Å². The second-order valence-corrected chi connectivity index (χ2v) is 6.21. The van der Waals surface area contributed by atoms with E-state index in [1.807, 2.05) is 37.3 Å². The first-order valence-corrected chi connectivity index (χ1v) is 7.80. The van der Waals surface area contributed by atoms with Gasteiger partial charge in [-0.1, -0.05) is 46.3 Å². The number of rotatable bonds is 2. The van der Waals surface area contributed by atoms with Crippen molar-refractivity contribution in [2.45, 2.75) is 25.9 Å². The summed E-state index contributed by atoms with van der Waals surface area (Å²) in [6.45, 7) is 2.77. The SMILES string of the molecule is Cc1ccc(NC(=O)C2Cc3ccccc3CN2)cc1Br. The zero-order valence-electron chi connectivity index (χ0n) is 11.8. The average molecular weight is 345 g/mol. The van der Waals surface area contributed by atoms with Crippen LogP contribution in [0.5, 0.6) is 0 Å². The lowest BCUT2D eigenvalue weighted by atomic mass is 9.95. The summed E-state index contributed by atoms with van der Waals surface area (Å²) in [7, 11) is 0. The first-order chi connectivity index (χ1) is 10.1. The van der Waals surface area contributed by atoms with Crippen LogP contribution in [0.2, 0.25) is 0 Å². The Morgan fingerprint density at radius 3 is 2.76 bits per heavy atom. The molecular weight excluding hydrogens is 328 g/mol. The van der Waals surface area contributed by atoms with Gasteiger partial charge in [-0.05, 0) is 42.2 Å². The van der Waals surface area contributed by atoms with Crippen LogP contribution in [0.25, 0.3) is 0 Å². The Bertz CT molecular complexity index is 684. The number of hydrogen-bond donors (Lipinski definition) is 2. The minimum atomic E-state index is -0.181. The third kappa shape index (κ3) is 3.17. The van der Waals surface area contributed by atoms with Gasteiger partial charge in [0.1, 0.15) is 0 Å². The maximum Gasteiger partial charge on any atom is 0.241 e. The lowest BCUT2D eigenvalue weighted by Crippen LogP contribution is -2.44. The molecule has 3 nitrogen and oxygen atoms in total. The predicted molar refractivity (Wildman–Crippen MR) is 88.3 cm³/mol. The molecule has 108 valence electrons. The van der Waals surface area contributed by atoms with Crippen molar-refractivity contribution >= 4 is 27.5 Å². The summed E-state index contributed by atoms with van der Waals surface area (Å²) < 4.78 is 1.00. The van der Waals surface area contributed by atoms with Crippen molar-refractivity contribution in [3.63, 3.8) is 0 Å². The number of aryl methyl sites for hydroxylation is 1. The highest BCUT2D eigenvalue weighted by molar-refractivity contribution is 9.10. The van der Waals surface area contributed by atoms with E-state index in [-0.39, 0.29) is 11.9 Å². The molecule has 1 amide bonds. The third-order valence-corrected chi connectivity index (χ3v) is 4.69. The highest BCUT2D eigenvalue weighted by Gasteiger charge is 2.23. The Labute approximate surface area is 132 Å². The normalized spacial score (nSPS) is 17.1. The molecule has 3 rings (SSSR count). The summed E-state index contributed by atoms with van der Waals surface area (Å²) in [6, 6.07) is 13.9. The minimum absolute atomic E-state index is 0.0141. The monoisotopic (exact) mass is 344 g/mol. The van der Waals surface area contributed by atoms with Gasteiger partial charge in [-0.25, -0.2) is 0 Å². The highest BCUT2D eigenvalue weighted by Crippen LogP contribution is 2.22. The number of benzene rings is 2. The first kappa shape index (κ1) is 14.3. The summed E-state index contributed by atoms with van der Waals surface area (Å²) >= 11 is 3.49. The van der Waals surface area contributed by atoms with Crippen LogP contribution in [0.15, 0.2) is 46.9 Å². The Hall–Kier alpha value is -1.65. The molecule has 1 heterocycles. The highest BCUT2D eigenvalue weighted by atomic mass is 79.9. The largest absolute Gasteiger partial charge is 0.325 e. The predicted octanol–water partition coefficient (Wildman–Crippen LogP) is 3.41. The number of halogens is 1. The molecule has 2 aromatic carbocycles. The van der Waals surface area contributed by atoms with E-state index in [4.69, 9.17) is 0 Å². The van der Waals surface area contributed by atoms with Crippen LogP contribution in [0.3, 0.4) is 0 Å². The quantitative estimate of drug-likeness (QED) is 0.876. The Kier molecular flexibility index (Phi) is 4.08. The van der Waals surface area contributed by atoms with E-state index in [1.165, 1.54) is 11.1 Å². The van der Waals surface area contributed by atoms with Crippen LogP contribution in [-0.2, 0) is 17.8 Å². The van der Waals surface area contributed by atoms with Crippen LogP contribution in [0.4, 0.5) is 5.69 Å². The van der Waals surface area contributed by atoms with Gasteiger partial charge < -0.3 is 10.6 Å². The van der Waals surface area contributed by atoms with Crippen molar-refractivity contribution < 1.29 is 4.79 Å². The third-order valence-electron chi connectivity index (χ3n) is 3.84. The molecule has 0 bridgehead atoms. The second-order valence-electron chi connectivity index (χ2n) is 5.36. The molecule has 0 aromatic heterocycles. The molecule has 0 saturated heterocycles. The van der Waals surface area contributed by atoms with Gasteiger partial charge >= 0.3 is 0 Å². The Morgan fingerprint density at radius 1 is 1.24 bits per heavy atom. The van der Waals surface area contributed by atoms with Gasteiger partial charge in [-0.2, -0.15) is 0 Å². The first-order valence-electron chi connectivity index (χ1n) is 7.00. The standard InChI is InChI=1S/C17H17BrN2O/c1-11-6-7-14(9-15(11)18)20-17(21)16-8-12-4-2-3-5-13(12)10-19-16/h2-7,9,16,19H,8,10H2,1H3,(H,20,21). The molecule has 0 fully saturated rings. The molecule has 21 heavy (non-hydrogen) atoms. The fourth-order valence-corrected chi connectivity index (χ4v) is 2.92. The molecule has 0 spiro atoms. The summed E-state index contributed by atoms with van der Waals surface area (Å²) in [4.78, 5) is 12.4. The van der Waals surface area contributed by atoms with Crippen LogP contribution in [-0.4, -0.2) is 11.9 Å². The summed E-state index contributed by atoms with van der Waals surface area (Å²) in [5.74, 6) is 0.0141. The number of hydrogen-bond acceptors (Lipinski definition) is 2. The van der Waals surface area contributed by atoms with Gasteiger partial charge in [0, 0.05) is 16.7 Å². The maximum absolute atomic E-state index is 12.4. The van der Waals surface area contributed by atoms with Crippen LogP contribution >= 0.6 is 15.9 Å². The molecule has 2 aromatic rings. The van der Waals surface area contributed by atoms with Gasteiger partial charge in [0.25, 0.3) is 0 Å². The van der Waals surface area contributed by atoms with E-state index in [1.54, 1.807) is 0 Å². The molecule has 1 unspecified atom stereocenters. The molecule has 0 radical (unpaired) electrons.